The maximum absolute atomic E-state index is 12.1. The zero-order valence-corrected chi connectivity index (χ0v) is 11.1. The zero-order chi connectivity index (χ0) is 13.7. The summed E-state index contributed by atoms with van der Waals surface area (Å²) < 4.78 is 5.67. The Balaban J connectivity index is 2.17. The Morgan fingerprint density at radius 2 is 1.63 bits per heavy atom. The van der Waals surface area contributed by atoms with Crippen LogP contribution in [0.25, 0.3) is 0 Å². The van der Waals surface area contributed by atoms with Crippen molar-refractivity contribution in [3.63, 3.8) is 0 Å². The predicted octanol–water partition coefficient (Wildman–Crippen LogP) is 3.73. The molecule has 0 saturated heterocycles. The highest BCUT2D eigenvalue weighted by atomic mass is 16.5. The topological polar surface area (TPSA) is 38.3 Å². The largest absolute Gasteiger partial charge is 0.489 e. The number of nitrogens with one attached hydrogen (secondary N) is 1. The maximum Gasteiger partial charge on any atom is 0.255 e. The van der Waals surface area contributed by atoms with Crippen molar-refractivity contribution < 1.29 is 9.53 Å². The van der Waals surface area contributed by atoms with Crippen LogP contribution in [-0.2, 0) is 0 Å². The number of hydrogen-bond acceptors (Lipinski definition) is 2. The van der Waals surface area contributed by atoms with Gasteiger partial charge in [0.25, 0.3) is 5.91 Å². The van der Waals surface area contributed by atoms with E-state index in [1.807, 2.05) is 56.3 Å². The van der Waals surface area contributed by atoms with Crippen LogP contribution in [0.3, 0.4) is 0 Å². The van der Waals surface area contributed by atoms with Crippen LogP contribution < -0.4 is 10.1 Å². The molecule has 0 unspecified atom stereocenters. The van der Waals surface area contributed by atoms with E-state index in [9.17, 15) is 4.79 Å². The standard InChI is InChI=1S/C16H17NO2/c1-12(2)19-15-11-7-6-10-14(15)17-16(18)13-8-4-3-5-9-13/h3-12H,1-2H3,(H,17,18). The van der Waals surface area contributed by atoms with Gasteiger partial charge in [-0.3, -0.25) is 4.79 Å². The van der Waals surface area contributed by atoms with Crippen LogP contribution in [0.15, 0.2) is 54.6 Å². The fraction of sp³-hybridized carbons (Fsp3) is 0.188. The fourth-order valence-electron chi connectivity index (χ4n) is 1.71. The van der Waals surface area contributed by atoms with Gasteiger partial charge in [0.05, 0.1) is 11.8 Å². The summed E-state index contributed by atoms with van der Waals surface area (Å²) in [6.45, 7) is 3.91. The van der Waals surface area contributed by atoms with Gasteiger partial charge in [-0.05, 0) is 38.1 Å². The smallest absolute Gasteiger partial charge is 0.255 e. The minimum atomic E-state index is -0.139. The monoisotopic (exact) mass is 255 g/mol. The quantitative estimate of drug-likeness (QED) is 0.904. The zero-order valence-electron chi connectivity index (χ0n) is 11.1. The van der Waals surface area contributed by atoms with Crippen LogP contribution >= 0.6 is 0 Å². The summed E-state index contributed by atoms with van der Waals surface area (Å²) in [5.41, 5.74) is 1.31. The van der Waals surface area contributed by atoms with Crippen molar-refractivity contribution in [1.29, 1.82) is 0 Å². The second kappa shape index (κ2) is 6.05. The molecule has 3 heteroatoms. The molecule has 0 atom stereocenters. The lowest BCUT2D eigenvalue weighted by atomic mass is 10.2. The summed E-state index contributed by atoms with van der Waals surface area (Å²) in [7, 11) is 0. The summed E-state index contributed by atoms with van der Waals surface area (Å²) in [6, 6.07) is 16.6. The number of amides is 1. The van der Waals surface area contributed by atoms with Crippen molar-refractivity contribution in [2.75, 3.05) is 5.32 Å². The minimum Gasteiger partial charge on any atom is -0.489 e. The number of rotatable bonds is 4. The molecule has 19 heavy (non-hydrogen) atoms. The molecule has 0 fully saturated rings. The molecular weight excluding hydrogens is 238 g/mol. The molecule has 0 aromatic heterocycles. The van der Waals surface area contributed by atoms with Gasteiger partial charge in [0, 0.05) is 5.56 Å². The molecule has 3 nitrogen and oxygen atoms in total. The van der Waals surface area contributed by atoms with Gasteiger partial charge < -0.3 is 10.1 Å². The third-order valence-corrected chi connectivity index (χ3v) is 2.53. The minimum absolute atomic E-state index is 0.0646. The van der Waals surface area contributed by atoms with Crippen molar-refractivity contribution in [2.24, 2.45) is 0 Å². The van der Waals surface area contributed by atoms with Crippen LogP contribution in [-0.4, -0.2) is 12.0 Å². The average Bonchev–Trinajstić information content (AvgIpc) is 2.41. The number of carbonyl (C=O) groups is 1. The van der Waals surface area contributed by atoms with Gasteiger partial charge >= 0.3 is 0 Å². The van der Waals surface area contributed by atoms with Gasteiger partial charge in [0.2, 0.25) is 0 Å². The van der Waals surface area contributed by atoms with E-state index in [1.54, 1.807) is 12.1 Å². The molecule has 1 N–H and O–H groups in total. The molecule has 0 heterocycles. The number of anilines is 1. The second-order valence-corrected chi connectivity index (χ2v) is 4.48. The van der Waals surface area contributed by atoms with Gasteiger partial charge in [-0.15, -0.1) is 0 Å². The average molecular weight is 255 g/mol. The number of ether oxygens (including phenoxy) is 1. The van der Waals surface area contributed by atoms with Gasteiger partial charge in [0.1, 0.15) is 5.75 Å². The molecule has 2 aromatic carbocycles. The molecule has 2 aromatic rings. The van der Waals surface area contributed by atoms with Crippen LogP contribution in [0.1, 0.15) is 24.2 Å². The third-order valence-electron chi connectivity index (χ3n) is 2.53. The van der Waals surface area contributed by atoms with Crippen molar-refractivity contribution >= 4 is 11.6 Å². The molecule has 1 amide bonds. The highest BCUT2D eigenvalue weighted by Crippen LogP contribution is 2.25. The molecule has 0 radical (unpaired) electrons. The summed E-state index contributed by atoms with van der Waals surface area (Å²) in [6.07, 6.45) is 0.0646. The molecule has 0 aliphatic heterocycles. The van der Waals surface area contributed by atoms with E-state index in [1.165, 1.54) is 0 Å². The Morgan fingerprint density at radius 3 is 2.32 bits per heavy atom. The van der Waals surface area contributed by atoms with Crippen molar-refractivity contribution in [1.82, 2.24) is 0 Å². The summed E-state index contributed by atoms with van der Waals surface area (Å²) in [5.74, 6) is 0.544. The van der Waals surface area contributed by atoms with Crippen molar-refractivity contribution in [3.8, 4) is 5.75 Å². The molecule has 0 aliphatic rings. The normalized spacial score (nSPS) is 10.3. The van der Waals surface area contributed by atoms with Gasteiger partial charge in [-0.25, -0.2) is 0 Å². The van der Waals surface area contributed by atoms with Crippen LogP contribution in [0.4, 0.5) is 5.69 Å². The Morgan fingerprint density at radius 1 is 1.00 bits per heavy atom. The first-order valence-electron chi connectivity index (χ1n) is 6.29. The number of para-hydroxylation sites is 2. The van der Waals surface area contributed by atoms with E-state index in [4.69, 9.17) is 4.74 Å². The molecule has 0 spiro atoms. The van der Waals surface area contributed by atoms with Gasteiger partial charge in [-0.1, -0.05) is 30.3 Å². The lowest BCUT2D eigenvalue weighted by Gasteiger charge is -2.14. The third kappa shape index (κ3) is 3.58. The fourth-order valence-corrected chi connectivity index (χ4v) is 1.71. The predicted molar refractivity (Wildman–Crippen MR) is 76.6 cm³/mol. The number of carbonyl (C=O) groups excluding carboxylic acids is 1. The highest BCUT2D eigenvalue weighted by Gasteiger charge is 2.09. The first-order chi connectivity index (χ1) is 9.16. The molecule has 0 bridgehead atoms. The van der Waals surface area contributed by atoms with Crippen LogP contribution in [0.5, 0.6) is 5.75 Å². The Kier molecular flexibility index (Phi) is 4.18. The summed E-state index contributed by atoms with van der Waals surface area (Å²) in [5, 5.41) is 2.87. The SMILES string of the molecule is CC(C)Oc1ccccc1NC(=O)c1ccccc1. The van der Waals surface area contributed by atoms with E-state index < -0.39 is 0 Å². The number of benzene rings is 2. The highest BCUT2D eigenvalue weighted by molar-refractivity contribution is 6.04. The van der Waals surface area contributed by atoms with E-state index in [0.29, 0.717) is 17.0 Å². The van der Waals surface area contributed by atoms with Gasteiger partial charge in [0.15, 0.2) is 0 Å². The molecule has 0 saturated carbocycles. The summed E-state index contributed by atoms with van der Waals surface area (Å²) >= 11 is 0. The lowest BCUT2D eigenvalue weighted by Crippen LogP contribution is -2.14. The first-order valence-corrected chi connectivity index (χ1v) is 6.29. The Labute approximate surface area is 113 Å². The van der Waals surface area contributed by atoms with Crippen molar-refractivity contribution in [2.45, 2.75) is 20.0 Å². The molecule has 2 rings (SSSR count). The first kappa shape index (κ1) is 13.1. The number of hydrogen-bond donors (Lipinski definition) is 1. The van der Waals surface area contributed by atoms with E-state index in [-0.39, 0.29) is 12.0 Å². The molecular formula is C16H17NO2. The van der Waals surface area contributed by atoms with Gasteiger partial charge in [-0.2, -0.15) is 0 Å². The molecule has 0 aliphatic carbocycles. The lowest BCUT2D eigenvalue weighted by molar-refractivity contribution is 0.102. The van der Waals surface area contributed by atoms with E-state index in [0.717, 1.165) is 0 Å². The Bertz CT molecular complexity index is 550. The van der Waals surface area contributed by atoms with E-state index in [2.05, 4.69) is 5.32 Å². The maximum atomic E-state index is 12.1. The van der Waals surface area contributed by atoms with E-state index >= 15 is 0 Å². The van der Waals surface area contributed by atoms with Crippen LogP contribution in [0.2, 0.25) is 0 Å². The van der Waals surface area contributed by atoms with Crippen molar-refractivity contribution in [3.05, 3.63) is 60.2 Å². The second-order valence-electron chi connectivity index (χ2n) is 4.48. The molecule has 98 valence electrons. The summed E-state index contributed by atoms with van der Waals surface area (Å²) in [4.78, 5) is 12.1. The Hall–Kier alpha value is -2.29. The van der Waals surface area contributed by atoms with Crippen LogP contribution in [0, 0.1) is 0 Å².